The van der Waals surface area contributed by atoms with E-state index in [0.29, 0.717) is 19.0 Å². The number of carbonyl (C=O) groups excluding carboxylic acids is 1. The molecule has 110 valence electrons. The lowest BCUT2D eigenvalue weighted by Gasteiger charge is -2.21. The first kappa shape index (κ1) is 15.3. The monoisotopic (exact) mass is 342 g/mol. The average molecular weight is 343 g/mol. The van der Waals surface area contributed by atoms with Crippen LogP contribution in [-0.4, -0.2) is 40.2 Å². The highest BCUT2D eigenvalue weighted by molar-refractivity contribution is 9.10. The second-order valence-corrected chi connectivity index (χ2v) is 6.22. The Morgan fingerprint density at radius 1 is 1.55 bits per heavy atom. The van der Waals surface area contributed by atoms with Gasteiger partial charge in [0.25, 0.3) is 5.56 Å². The zero-order chi connectivity index (χ0) is 14.7. The van der Waals surface area contributed by atoms with Crippen molar-refractivity contribution < 1.29 is 9.90 Å². The molecule has 0 aliphatic heterocycles. The molecule has 1 heterocycles. The highest BCUT2D eigenvalue weighted by Gasteiger charge is 2.30. The van der Waals surface area contributed by atoms with Crippen molar-refractivity contribution in [1.29, 1.82) is 0 Å². The average Bonchev–Trinajstić information content (AvgIpc) is 3.23. The standard InChI is InChI=1S/C14H19BrN2O3/c1-16(9-12(18)10-2-3-10)13(19)6-7-17-8-11(15)4-5-14(17)20/h4-5,8,10,12,18H,2-3,6-7,9H2,1H3. The van der Waals surface area contributed by atoms with Gasteiger partial charge in [-0.2, -0.15) is 0 Å². The summed E-state index contributed by atoms with van der Waals surface area (Å²) in [5, 5.41) is 9.82. The third-order valence-corrected chi connectivity index (χ3v) is 4.04. The molecule has 1 amide bonds. The molecule has 1 unspecified atom stereocenters. The molecular formula is C14H19BrN2O3. The second kappa shape index (κ2) is 6.54. The van der Waals surface area contributed by atoms with E-state index in [4.69, 9.17) is 0 Å². The largest absolute Gasteiger partial charge is 0.391 e. The fourth-order valence-corrected chi connectivity index (χ4v) is 2.48. The van der Waals surface area contributed by atoms with Gasteiger partial charge < -0.3 is 14.6 Å². The minimum absolute atomic E-state index is 0.0587. The Labute approximate surface area is 126 Å². The summed E-state index contributed by atoms with van der Waals surface area (Å²) in [6, 6.07) is 3.15. The fraction of sp³-hybridized carbons (Fsp3) is 0.571. The number of pyridine rings is 1. The number of likely N-dealkylation sites (N-methyl/N-ethyl adjacent to an activating group) is 1. The molecule has 1 aliphatic carbocycles. The zero-order valence-corrected chi connectivity index (χ0v) is 13.0. The van der Waals surface area contributed by atoms with Crippen LogP contribution < -0.4 is 5.56 Å². The first-order valence-electron chi connectivity index (χ1n) is 6.75. The number of aliphatic hydroxyl groups is 1. The van der Waals surface area contributed by atoms with Gasteiger partial charge in [-0.25, -0.2) is 0 Å². The zero-order valence-electron chi connectivity index (χ0n) is 11.5. The molecule has 1 saturated carbocycles. The summed E-state index contributed by atoms with van der Waals surface area (Å²) in [7, 11) is 1.69. The Balaban J connectivity index is 1.84. The molecule has 0 radical (unpaired) electrons. The van der Waals surface area contributed by atoms with Gasteiger partial charge in [0.1, 0.15) is 0 Å². The number of hydrogen-bond acceptors (Lipinski definition) is 3. The molecule has 1 aromatic heterocycles. The number of aromatic nitrogens is 1. The minimum atomic E-state index is -0.419. The molecule has 5 nitrogen and oxygen atoms in total. The van der Waals surface area contributed by atoms with Crippen LogP contribution in [0.15, 0.2) is 27.6 Å². The molecule has 1 aromatic rings. The van der Waals surface area contributed by atoms with Crippen LogP contribution >= 0.6 is 15.9 Å². The van der Waals surface area contributed by atoms with Crippen molar-refractivity contribution in [3.8, 4) is 0 Å². The maximum atomic E-state index is 12.0. The highest BCUT2D eigenvalue weighted by Crippen LogP contribution is 2.32. The number of amides is 1. The first-order valence-corrected chi connectivity index (χ1v) is 7.54. The number of carbonyl (C=O) groups is 1. The molecule has 2 rings (SSSR count). The number of nitrogens with zero attached hydrogens (tertiary/aromatic N) is 2. The molecule has 0 bridgehead atoms. The van der Waals surface area contributed by atoms with Crippen molar-refractivity contribution >= 4 is 21.8 Å². The van der Waals surface area contributed by atoms with Crippen LogP contribution in [0.3, 0.4) is 0 Å². The molecule has 20 heavy (non-hydrogen) atoms. The van der Waals surface area contributed by atoms with Crippen molar-refractivity contribution in [2.75, 3.05) is 13.6 Å². The number of aryl methyl sites for hydroxylation is 1. The van der Waals surface area contributed by atoms with Crippen molar-refractivity contribution in [3.05, 3.63) is 33.2 Å². The lowest BCUT2D eigenvalue weighted by atomic mass is 10.2. The van der Waals surface area contributed by atoms with Crippen LogP contribution in [-0.2, 0) is 11.3 Å². The van der Waals surface area contributed by atoms with E-state index in [1.165, 1.54) is 10.6 Å². The number of aliphatic hydroxyl groups excluding tert-OH is 1. The second-order valence-electron chi connectivity index (χ2n) is 5.31. The Morgan fingerprint density at radius 2 is 2.25 bits per heavy atom. The predicted octanol–water partition coefficient (Wildman–Crippen LogP) is 1.23. The minimum Gasteiger partial charge on any atom is -0.391 e. The number of hydrogen-bond donors (Lipinski definition) is 1. The van der Waals surface area contributed by atoms with Crippen molar-refractivity contribution in [2.24, 2.45) is 5.92 Å². The van der Waals surface area contributed by atoms with Crippen LogP contribution in [0.1, 0.15) is 19.3 Å². The first-order chi connectivity index (χ1) is 9.47. The Morgan fingerprint density at radius 3 is 2.90 bits per heavy atom. The normalized spacial score (nSPS) is 15.9. The topological polar surface area (TPSA) is 62.5 Å². The van der Waals surface area contributed by atoms with Gasteiger partial charge >= 0.3 is 0 Å². The van der Waals surface area contributed by atoms with Crippen LogP contribution in [0.25, 0.3) is 0 Å². The van der Waals surface area contributed by atoms with Crippen molar-refractivity contribution in [3.63, 3.8) is 0 Å². The van der Waals surface area contributed by atoms with Crippen LogP contribution in [0.2, 0.25) is 0 Å². The number of halogens is 1. The van der Waals surface area contributed by atoms with Gasteiger partial charge in [0.15, 0.2) is 0 Å². The quantitative estimate of drug-likeness (QED) is 0.845. The van der Waals surface area contributed by atoms with E-state index in [1.54, 1.807) is 24.2 Å². The third-order valence-electron chi connectivity index (χ3n) is 3.57. The Hall–Kier alpha value is -1.14. The summed E-state index contributed by atoms with van der Waals surface area (Å²) in [4.78, 5) is 25.1. The molecule has 0 spiro atoms. The molecule has 6 heteroatoms. The molecule has 0 aromatic carbocycles. The summed E-state index contributed by atoms with van der Waals surface area (Å²) in [5.74, 6) is 0.300. The van der Waals surface area contributed by atoms with E-state index in [-0.39, 0.29) is 17.9 Å². The number of rotatable bonds is 6. The van der Waals surface area contributed by atoms with Gasteiger partial charge in [-0.1, -0.05) is 0 Å². The molecule has 1 N–H and O–H groups in total. The van der Waals surface area contributed by atoms with Crippen LogP contribution in [0, 0.1) is 5.92 Å². The molecule has 1 atom stereocenters. The van der Waals surface area contributed by atoms with E-state index in [0.717, 1.165) is 17.3 Å². The maximum Gasteiger partial charge on any atom is 0.250 e. The molecule has 1 aliphatic rings. The van der Waals surface area contributed by atoms with Crippen LogP contribution in [0.4, 0.5) is 0 Å². The molecular weight excluding hydrogens is 324 g/mol. The lowest BCUT2D eigenvalue weighted by molar-refractivity contribution is -0.131. The summed E-state index contributed by atoms with van der Waals surface area (Å²) < 4.78 is 2.31. The van der Waals surface area contributed by atoms with Gasteiger partial charge in [-0.15, -0.1) is 0 Å². The van der Waals surface area contributed by atoms with Crippen LogP contribution in [0.5, 0.6) is 0 Å². The molecule has 0 saturated heterocycles. The predicted molar refractivity (Wildman–Crippen MR) is 79.4 cm³/mol. The van der Waals surface area contributed by atoms with Gasteiger partial charge in [-0.3, -0.25) is 9.59 Å². The van der Waals surface area contributed by atoms with E-state index < -0.39 is 6.10 Å². The summed E-state index contributed by atoms with van der Waals surface area (Å²) in [6.07, 6.45) is 3.61. The van der Waals surface area contributed by atoms with Gasteiger partial charge in [0.2, 0.25) is 5.91 Å². The molecule has 1 fully saturated rings. The van der Waals surface area contributed by atoms with Crippen molar-refractivity contribution in [1.82, 2.24) is 9.47 Å². The van der Waals surface area contributed by atoms with E-state index in [1.807, 2.05) is 0 Å². The maximum absolute atomic E-state index is 12.0. The summed E-state index contributed by atoms with van der Waals surface area (Å²) in [6.45, 7) is 0.720. The third kappa shape index (κ3) is 4.18. The van der Waals surface area contributed by atoms with E-state index >= 15 is 0 Å². The van der Waals surface area contributed by atoms with Crippen molar-refractivity contribution in [2.45, 2.75) is 31.9 Å². The Kier molecular flexibility index (Phi) is 4.99. The van der Waals surface area contributed by atoms with E-state index in [9.17, 15) is 14.7 Å². The van der Waals surface area contributed by atoms with Gasteiger partial charge in [0, 0.05) is 43.3 Å². The lowest BCUT2D eigenvalue weighted by Crippen LogP contribution is -2.36. The summed E-state index contributed by atoms with van der Waals surface area (Å²) in [5.41, 5.74) is -0.123. The van der Waals surface area contributed by atoms with Gasteiger partial charge in [0.05, 0.1) is 6.10 Å². The van der Waals surface area contributed by atoms with Gasteiger partial charge in [-0.05, 0) is 40.8 Å². The van der Waals surface area contributed by atoms with E-state index in [2.05, 4.69) is 15.9 Å². The highest BCUT2D eigenvalue weighted by atomic mass is 79.9. The fourth-order valence-electron chi connectivity index (χ4n) is 2.10. The SMILES string of the molecule is CN(CC(O)C1CC1)C(=O)CCn1cc(Br)ccc1=O. The summed E-state index contributed by atoms with van der Waals surface area (Å²) >= 11 is 3.30. The smallest absolute Gasteiger partial charge is 0.250 e. The Bertz CT molecular complexity index is 539.